The van der Waals surface area contributed by atoms with Gasteiger partial charge < -0.3 is 5.32 Å². The quantitative estimate of drug-likeness (QED) is 0.390. The van der Waals surface area contributed by atoms with E-state index in [1.807, 2.05) is 0 Å². The monoisotopic (exact) mass is 426 g/mol. The first-order valence-corrected chi connectivity index (χ1v) is 9.33. The Kier molecular flexibility index (Phi) is 5.18. The fraction of sp³-hybridized carbons (Fsp3) is 0.0435. The van der Waals surface area contributed by atoms with Gasteiger partial charge in [-0.1, -0.05) is 35.9 Å². The maximum Gasteiger partial charge on any atom is 0.416 e. The maximum absolute atomic E-state index is 13.0. The molecule has 0 atom stereocenters. The number of fused-ring (bicyclic) bond motifs is 1. The molecule has 30 heavy (non-hydrogen) atoms. The van der Waals surface area contributed by atoms with Gasteiger partial charge >= 0.3 is 6.18 Å². The summed E-state index contributed by atoms with van der Waals surface area (Å²) in [6, 6.07) is 20.3. The molecule has 0 saturated heterocycles. The zero-order valence-electron chi connectivity index (χ0n) is 15.4. The van der Waals surface area contributed by atoms with Crippen molar-refractivity contribution in [1.29, 1.82) is 0 Å². The van der Waals surface area contributed by atoms with Crippen LogP contribution in [0, 0.1) is 0 Å². The highest BCUT2D eigenvalue weighted by Gasteiger charge is 2.30. The predicted octanol–water partition coefficient (Wildman–Crippen LogP) is 6.83. The van der Waals surface area contributed by atoms with Gasteiger partial charge in [0.1, 0.15) is 5.82 Å². The van der Waals surface area contributed by atoms with Crippen molar-refractivity contribution >= 4 is 34.2 Å². The van der Waals surface area contributed by atoms with Crippen molar-refractivity contribution in [2.75, 3.05) is 5.32 Å². The number of anilines is 1. The molecule has 150 valence electrons. The van der Waals surface area contributed by atoms with Gasteiger partial charge in [0.2, 0.25) is 0 Å². The minimum absolute atomic E-state index is 0.343. The van der Waals surface area contributed by atoms with Crippen molar-refractivity contribution < 1.29 is 18.0 Å². The van der Waals surface area contributed by atoms with Crippen LogP contribution in [0.3, 0.4) is 0 Å². The fourth-order valence-corrected chi connectivity index (χ4v) is 3.26. The molecular weight excluding hydrogens is 413 g/mol. The summed E-state index contributed by atoms with van der Waals surface area (Å²) in [4.78, 5) is 16.8. The standard InChI is InChI=1S/C23H14ClF3N2O/c24-19-6-2-4-17(13-19)22(30)29-21-10-8-16-11-15(7-9-20(16)28-21)14-3-1-5-18(12-14)23(25,26)27/h1-13H,(H,28,29,30). The predicted molar refractivity (Wildman–Crippen MR) is 112 cm³/mol. The number of hydrogen-bond acceptors (Lipinski definition) is 2. The van der Waals surface area contributed by atoms with E-state index in [0.717, 1.165) is 17.5 Å². The van der Waals surface area contributed by atoms with E-state index >= 15 is 0 Å². The van der Waals surface area contributed by atoms with Gasteiger partial charge in [-0.15, -0.1) is 0 Å². The molecule has 3 aromatic carbocycles. The highest BCUT2D eigenvalue weighted by atomic mass is 35.5. The number of hydrogen-bond donors (Lipinski definition) is 1. The van der Waals surface area contributed by atoms with Gasteiger partial charge in [-0.3, -0.25) is 4.79 Å². The molecule has 1 amide bonds. The summed E-state index contributed by atoms with van der Waals surface area (Å²) in [5.41, 5.74) is 1.42. The van der Waals surface area contributed by atoms with Crippen molar-refractivity contribution in [1.82, 2.24) is 4.98 Å². The van der Waals surface area contributed by atoms with E-state index in [4.69, 9.17) is 11.6 Å². The van der Waals surface area contributed by atoms with Gasteiger partial charge in [0, 0.05) is 16.0 Å². The van der Waals surface area contributed by atoms with Gasteiger partial charge in [-0.25, -0.2) is 4.98 Å². The van der Waals surface area contributed by atoms with Crippen LogP contribution in [0.4, 0.5) is 19.0 Å². The summed E-state index contributed by atoms with van der Waals surface area (Å²) >= 11 is 5.91. The highest BCUT2D eigenvalue weighted by Crippen LogP contribution is 2.33. The number of pyridine rings is 1. The highest BCUT2D eigenvalue weighted by molar-refractivity contribution is 6.31. The Morgan fingerprint density at radius 2 is 1.63 bits per heavy atom. The van der Waals surface area contributed by atoms with E-state index in [9.17, 15) is 18.0 Å². The van der Waals surface area contributed by atoms with Crippen LogP contribution in [0.15, 0.2) is 78.9 Å². The van der Waals surface area contributed by atoms with Crippen LogP contribution in [-0.4, -0.2) is 10.9 Å². The summed E-state index contributed by atoms with van der Waals surface area (Å²) in [7, 11) is 0. The number of aromatic nitrogens is 1. The smallest absolute Gasteiger partial charge is 0.307 e. The third-order valence-corrected chi connectivity index (χ3v) is 4.78. The van der Waals surface area contributed by atoms with Gasteiger partial charge in [-0.2, -0.15) is 13.2 Å². The molecule has 0 aliphatic carbocycles. The number of carbonyl (C=O) groups excluding carboxylic acids is 1. The lowest BCUT2D eigenvalue weighted by molar-refractivity contribution is -0.137. The summed E-state index contributed by atoms with van der Waals surface area (Å²) in [5.74, 6) is 0.0178. The minimum Gasteiger partial charge on any atom is -0.307 e. The van der Waals surface area contributed by atoms with Crippen LogP contribution in [0.2, 0.25) is 5.02 Å². The zero-order valence-corrected chi connectivity index (χ0v) is 16.1. The molecule has 7 heteroatoms. The molecule has 1 aromatic heterocycles. The summed E-state index contributed by atoms with van der Waals surface area (Å²) < 4.78 is 38.9. The average Bonchev–Trinajstić information content (AvgIpc) is 2.73. The number of nitrogens with zero attached hydrogens (tertiary/aromatic N) is 1. The molecule has 0 fully saturated rings. The van der Waals surface area contributed by atoms with Crippen molar-refractivity contribution in [3.05, 3.63) is 95.0 Å². The molecule has 0 aliphatic heterocycles. The second-order valence-corrected chi connectivity index (χ2v) is 7.08. The lowest BCUT2D eigenvalue weighted by Gasteiger charge is -2.10. The largest absolute Gasteiger partial charge is 0.416 e. The van der Waals surface area contributed by atoms with Crippen LogP contribution in [0.5, 0.6) is 0 Å². The number of alkyl halides is 3. The minimum atomic E-state index is -4.40. The first kappa shape index (κ1) is 19.9. The van der Waals surface area contributed by atoms with Gasteiger partial charge in [0.25, 0.3) is 5.91 Å². The second-order valence-electron chi connectivity index (χ2n) is 6.65. The van der Waals surface area contributed by atoms with Crippen LogP contribution < -0.4 is 5.32 Å². The molecule has 4 aromatic rings. The van der Waals surface area contributed by atoms with Crippen LogP contribution in [-0.2, 0) is 6.18 Å². The molecule has 3 nitrogen and oxygen atoms in total. The fourth-order valence-electron chi connectivity index (χ4n) is 3.07. The summed E-state index contributed by atoms with van der Waals surface area (Å²) in [5, 5.41) is 3.91. The van der Waals surface area contributed by atoms with Gasteiger partial charge in [0.15, 0.2) is 0 Å². The van der Waals surface area contributed by atoms with Crippen LogP contribution >= 0.6 is 11.6 Å². The van der Waals surface area contributed by atoms with Gasteiger partial charge in [0.05, 0.1) is 11.1 Å². The van der Waals surface area contributed by atoms with E-state index in [0.29, 0.717) is 33.0 Å². The Morgan fingerprint density at radius 1 is 0.867 bits per heavy atom. The molecule has 0 aliphatic rings. The lowest BCUT2D eigenvalue weighted by atomic mass is 10.0. The molecule has 0 spiro atoms. The lowest BCUT2D eigenvalue weighted by Crippen LogP contribution is -2.12. The first-order chi connectivity index (χ1) is 14.3. The molecule has 4 rings (SSSR count). The van der Waals surface area contributed by atoms with E-state index in [2.05, 4.69) is 10.3 Å². The molecule has 0 unspecified atom stereocenters. The van der Waals surface area contributed by atoms with E-state index in [1.165, 1.54) is 6.07 Å². The number of rotatable bonds is 3. The Labute approximate surface area is 175 Å². The Bertz CT molecular complexity index is 1250. The third kappa shape index (κ3) is 4.28. The Balaban J connectivity index is 1.61. The Hall–Kier alpha value is -3.38. The number of nitrogens with one attached hydrogen (secondary N) is 1. The van der Waals surface area contributed by atoms with Gasteiger partial charge in [-0.05, 0) is 65.7 Å². The topological polar surface area (TPSA) is 42.0 Å². The van der Waals surface area contributed by atoms with Crippen molar-refractivity contribution in [2.45, 2.75) is 6.18 Å². The van der Waals surface area contributed by atoms with Crippen LogP contribution in [0.25, 0.3) is 22.0 Å². The van der Waals surface area contributed by atoms with E-state index in [-0.39, 0.29) is 5.91 Å². The zero-order chi connectivity index (χ0) is 21.3. The molecule has 1 heterocycles. The molecule has 0 saturated carbocycles. The SMILES string of the molecule is O=C(Nc1ccc2cc(-c3cccc(C(F)(F)F)c3)ccc2n1)c1cccc(Cl)c1. The molecule has 1 N–H and O–H groups in total. The second kappa shape index (κ2) is 7.80. The number of amides is 1. The van der Waals surface area contributed by atoms with Crippen molar-refractivity contribution in [3.8, 4) is 11.1 Å². The Morgan fingerprint density at radius 3 is 2.40 bits per heavy atom. The maximum atomic E-state index is 13.0. The third-order valence-electron chi connectivity index (χ3n) is 4.54. The molecule has 0 radical (unpaired) electrons. The van der Waals surface area contributed by atoms with Crippen molar-refractivity contribution in [3.63, 3.8) is 0 Å². The van der Waals surface area contributed by atoms with Crippen LogP contribution in [0.1, 0.15) is 15.9 Å². The van der Waals surface area contributed by atoms with E-state index in [1.54, 1.807) is 60.7 Å². The summed E-state index contributed by atoms with van der Waals surface area (Å²) in [6.07, 6.45) is -4.40. The summed E-state index contributed by atoms with van der Waals surface area (Å²) in [6.45, 7) is 0. The molecule has 0 bridgehead atoms. The number of carbonyl (C=O) groups is 1. The normalized spacial score (nSPS) is 11.5. The average molecular weight is 427 g/mol. The van der Waals surface area contributed by atoms with E-state index < -0.39 is 11.7 Å². The molecular formula is C23H14ClF3N2O. The van der Waals surface area contributed by atoms with Crippen molar-refractivity contribution in [2.24, 2.45) is 0 Å². The number of halogens is 4. The first-order valence-electron chi connectivity index (χ1n) is 8.95. The number of benzene rings is 3.